The first-order chi connectivity index (χ1) is 2.00. The molecule has 2 N–H and O–H groups in total. The van der Waals surface area contributed by atoms with Crippen molar-refractivity contribution in [3.05, 3.63) is 0 Å². The molecular formula is H7AsCaO4S. The summed E-state index contributed by atoms with van der Waals surface area (Å²) < 4.78 is 31.6. The van der Waals surface area contributed by atoms with Crippen molar-refractivity contribution in [2.75, 3.05) is 0 Å². The molecule has 0 spiro atoms. The standard InChI is InChI=1S/AsH3.Ca.H2O4S.2H/c;;1-5(2,3)4;;/h1H3;;(H2,1,2,3,4);;. The van der Waals surface area contributed by atoms with Crippen molar-refractivity contribution in [2.45, 2.75) is 0 Å². The van der Waals surface area contributed by atoms with Crippen LogP contribution >= 0.6 is 0 Å². The summed E-state index contributed by atoms with van der Waals surface area (Å²) in [7, 11) is -4.67. The molecule has 0 saturated heterocycles. The van der Waals surface area contributed by atoms with Crippen LogP contribution < -0.4 is 0 Å². The van der Waals surface area contributed by atoms with Crippen LogP contribution in [0.5, 0.6) is 0 Å². The SMILES string of the molecule is O=S(=O)(O)O.[AsH3].[CaH2]. The summed E-state index contributed by atoms with van der Waals surface area (Å²) in [5.41, 5.74) is 0. The molecule has 0 aliphatic heterocycles. The molecule has 0 aromatic rings. The summed E-state index contributed by atoms with van der Waals surface area (Å²) in [6, 6.07) is 0. The fourth-order valence-electron chi connectivity index (χ4n) is 0. The average molecular weight is 218 g/mol. The van der Waals surface area contributed by atoms with Gasteiger partial charge < -0.3 is 0 Å². The molecule has 0 heterocycles. The quantitative estimate of drug-likeness (QED) is 0.341. The van der Waals surface area contributed by atoms with Crippen molar-refractivity contribution in [1.82, 2.24) is 0 Å². The van der Waals surface area contributed by atoms with E-state index in [-0.39, 0.29) is 55.7 Å². The Kier molecular flexibility index (Phi) is 13.2. The molecule has 0 aliphatic rings. The van der Waals surface area contributed by atoms with Gasteiger partial charge in [0.2, 0.25) is 0 Å². The van der Waals surface area contributed by atoms with E-state index in [0.717, 1.165) is 0 Å². The van der Waals surface area contributed by atoms with E-state index in [4.69, 9.17) is 17.5 Å². The Balaban J connectivity index is -0.0000000800. The maximum atomic E-state index is 8.74. The Labute approximate surface area is 82.6 Å². The third-order valence-corrected chi connectivity index (χ3v) is 0. The summed E-state index contributed by atoms with van der Waals surface area (Å²) in [4.78, 5) is 0. The van der Waals surface area contributed by atoms with E-state index in [1.807, 2.05) is 0 Å². The zero-order valence-corrected chi connectivity index (χ0v) is 6.61. The molecule has 1 atom stereocenters. The monoisotopic (exact) mass is 218 g/mol. The van der Waals surface area contributed by atoms with Gasteiger partial charge in [0.15, 0.2) is 0 Å². The van der Waals surface area contributed by atoms with Crippen molar-refractivity contribution in [3.8, 4) is 0 Å². The number of hydrogen-bond donors (Lipinski definition) is 2. The molecule has 44 valence electrons. The molecule has 0 fully saturated rings. The van der Waals surface area contributed by atoms with Crippen LogP contribution in [0.2, 0.25) is 0 Å². The van der Waals surface area contributed by atoms with Crippen molar-refractivity contribution in [1.29, 1.82) is 0 Å². The molecule has 7 heteroatoms. The Morgan fingerprint density at radius 1 is 1.14 bits per heavy atom. The predicted octanol–water partition coefficient (Wildman–Crippen LogP) is -2.75. The van der Waals surface area contributed by atoms with Crippen LogP contribution in [0.1, 0.15) is 0 Å². The van der Waals surface area contributed by atoms with Crippen molar-refractivity contribution in [2.24, 2.45) is 0 Å². The summed E-state index contributed by atoms with van der Waals surface area (Å²) in [5.74, 6) is 0. The molecule has 0 bridgehead atoms. The molecule has 0 aromatic carbocycles. The summed E-state index contributed by atoms with van der Waals surface area (Å²) in [6.07, 6.45) is 0. The van der Waals surface area contributed by atoms with Crippen LogP contribution in [0.25, 0.3) is 0 Å². The second-order valence-electron chi connectivity index (χ2n) is 0.448. The van der Waals surface area contributed by atoms with E-state index in [2.05, 4.69) is 0 Å². The zero-order chi connectivity index (χ0) is 4.50. The van der Waals surface area contributed by atoms with E-state index in [1.54, 1.807) is 0 Å². The molecular weight excluding hydrogens is 211 g/mol. The predicted molar refractivity (Wildman–Crippen MR) is 32.7 cm³/mol. The molecule has 0 radical (unpaired) electrons. The van der Waals surface area contributed by atoms with Gasteiger partial charge in [0, 0.05) is 0 Å². The van der Waals surface area contributed by atoms with Crippen LogP contribution in [0.4, 0.5) is 0 Å². The van der Waals surface area contributed by atoms with Gasteiger partial charge in [-0.15, -0.1) is 0 Å². The summed E-state index contributed by atoms with van der Waals surface area (Å²) >= 11 is 0. The fourth-order valence-corrected chi connectivity index (χ4v) is 0. The Morgan fingerprint density at radius 3 is 1.14 bits per heavy atom. The second kappa shape index (κ2) is 5.82. The van der Waals surface area contributed by atoms with Crippen LogP contribution in [0.15, 0.2) is 0 Å². The van der Waals surface area contributed by atoms with Crippen LogP contribution in [-0.2, 0) is 10.4 Å². The Bertz CT molecular complexity index is 94.9. The summed E-state index contributed by atoms with van der Waals surface area (Å²) in [5, 5.41) is 0. The van der Waals surface area contributed by atoms with Gasteiger partial charge in [0.1, 0.15) is 0 Å². The van der Waals surface area contributed by atoms with E-state index in [1.165, 1.54) is 0 Å². The molecule has 7 heavy (non-hydrogen) atoms. The third-order valence-electron chi connectivity index (χ3n) is 0. The summed E-state index contributed by atoms with van der Waals surface area (Å²) in [6.45, 7) is 0. The average Bonchev–Trinajstić information content (AvgIpc) is 0.722. The second-order valence-corrected chi connectivity index (χ2v) is 1.34. The number of hydrogen-bond acceptors (Lipinski definition) is 2. The van der Waals surface area contributed by atoms with Crippen LogP contribution in [0.3, 0.4) is 0 Å². The van der Waals surface area contributed by atoms with E-state index in [9.17, 15) is 0 Å². The Hall–Kier alpha value is 1.69. The molecule has 4 nitrogen and oxygen atoms in total. The first kappa shape index (κ1) is 15.9. The topological polar surface area (TPSA) is 74.6 Å². The third kappa shape index (κ3) is 87.3. The molecule has 0 rings (SSSR count). The molecule has 0 amide bonds. The van der Waals surface area contributed by atoms with Gasteiger partial charge in [0.25, 0.3) is 0 Å². The van der Waals surface area contributed by atoms with Crippen LogP contribution in [-0.4, -0.2) is 73.2 Å². The first-order valence-electron chi connectivity index (χ1n) is 0.698. The maximum absolute atomic E-state index is 8.74. The van der Waals surface area contributed by atoms with Crippen molar-refractivity contribution >= 4 is 66.1 Å². The van der Waals surface area contributed by atoms with Gasteiger partial charge in [-0.2, -0.15) is 8.42 Å². The van der Waals surface area contributed by atoms with Gasteiger partial charge in [-0.1, -0.05) is 0 Å². The van der Waals surface area contributed by atoms with Gasteiger partial charge in [-0.3, -0.25) is 9.11 Å². The zero-order valence-electron chi connectivity index (χ0n) is 2.83. The van der Waals surface area contributed by atoms with Crippen LogP contribution in [0, 0.1) is 0 Å². The van der Waals surface area contributed by atoms with Gasteiger partial charge in [-0.25, -0.2) is 0 Å². The van der Waals surface area contributed by atoms with Gasteiger partial charge >= 0.3 is 66.1 Å². The first-order valence-corrected chi connectivity index (χ1v) is 2.10. The molecule has 0 saturated carbocycles. The molecule has 0 aromatic heterocycles. The fraction of sp³-hybridized carbons (Fsp3) is 0. The van der Waals surface area contributed by atoms with Gasteiger partial charge in [-0.05, 0) is 0 Å². The van der Waals surface area contributed by atoms with Gasteiger partial charge in [0.05, 0.1) is 0 Å². The van der Waals surface area contributed by atoms with E-state index in [0.29, 0.717) is 0 Å². The minimum atomic E-state index is -4.67. The number of rotatable bonds is 0. The van der Waals surface area contributed by atoms with E-state index >= 15 is 0 Å². The van der Waals surface area contributed by atoms with Crippen molar-refractivity contribution < 1.29 is 17.5 Å². The molecule has 1 unspecified atom stereocenters. The normalized spacial score (nSPS) is 8.29. The van der Waals surface area contributed by atoms with E-state index < -0.39 is 10.4 Å². The minimum absolute atomic E-state index is 0. The molecule has 0 aliphatic carbocycles. The van der Waals surface area contributed by atoms with Crippen molar-refractivity contribution in [3.63, 3.8) is 0 Å². The Morgan fingerprint density at radius 2 is 1.14 bits per heavy atom.